The van der Waals surface area contributed by atoms with E-state index in [0.717, 1.165) is 32.7 Å². The van der Waals surface area contributed by atoms with E-state index in [0.29, 0.717) is 6.42 Å². The molecule has 0 bridgehead atoms. The van der Waals surface area contributed by atoms with Crippen LogP contribution in [0, 0.1) is 20.8 Å². The Bertz CT molecular complexity index is 820. The van der Waals surface area contributed by atoms with Crippen LogP contribution < -0.4 is 5.32 Å². The number of nitrogens with zero attached hydrogens (tertiary/aromatic N) is 2. The molecule has 0 saturated carbocycles. The van der Waals surface area contributed by atoms with Gasteiger partial charge >= 0.3 is 0 Å². The van der Waals surface area contributed by atoms with Crippen molar-refractivity contribution in [2.24, 2.45) is 0 Å². The van der Waals surface area contributed by atoms with Gasteiger partial charge in [-0.2, -0.15) is 11.3 Å². The topological polar surface area (TPSA) is 54.9 Å². The van der Waals surface area contributed by atoms with Crippen LogP contribution in [-0.2, 0) is 17.6 Å². The van der Waals surface area contributed by atoms with Gasteiger partial charge in [-0.15, -0.1) is 22.7 Å². The van der Waals surface area contributed by atoms with Crippen LogP contribution in [0.15, 0.2) is 22.2 Å². The Morgan fingerprint density at radius 2 is 2.08 bits per heavy atom. The number of nitrogens with one attached hydrogen (secondary N) is 1. The summed E-state index contributed by atoms with van der Waals surface area (Å²) < 4.78 is 0. The van der Waals surface area contributed by atoms with Crippen LogP contribution in [0.3, 0.4) is 0 Å². The molecule has 1 N–H and O–H groups in total. The van der Waals surface area contributed by atoms with Crippen LogP contribution in [0.25, 0.3) is 0 Å². The molecule has 0 spiro atoms. The van der Waals surface area contributed by atoms with Gasteiger partial charge in [-0.05, 0) is 43.2 Å². The molecule has 0 aliphatic rings. The molecule has 1 amide bonds. The molecular formula is C17H19N3OS3. The lowest BCUT2D eigenvalue weighted by Gasteiger charge is -2.16. The zero-order valence-corrected chi connectivity index (χ0v) is 16.3. The number of thiazole rings is 2. The first-order chi connectivity index (χ1) is 11.5. The summed E-state index contributed by atoms with van der Waals surface area (Å²) in [5, 5.41) is 11.3. The quantitative estimate of drug-likeness (QED) is 0.699. The second kappa shape index (κ2) is 7.55. The molecule has 4 nitrogen and oxygen atoms in total. The monoisotopic (exact) mass is 377 g/mol. The first-order valence-electron chi connectivity index (χ1n) is 7.66. The Labute approximate surface area is 153 Å². The third-order valence-corrected chi connectivity index (χ3v) is 6.49. The second-order valence-electron chi connectivity index (χ2n) is 5.70. The average Bonchev–Trinajstić information content (AvgIpc) is 3.22. The SMILES string of the molecule is Cc1csc(C(Cc2ccsc2)NC(=O)Cc2sc(C)nc2C)n1. The third-order valence-electron chi connectivity index (χ3n) is 3.61. The highest BCUT2D eigenvalue weighted by Crippen LogP contribution is 2.24. The number of aromatic nitrogens is 2. The van der Waals surface area contributed by atoms with Gasteiger partial charge in [0.2, 0.25) is 5.91 Å². The molecule has 0 aliphatic heterocycles. The number of carbonyl (C=O) groups is 1. The van der Waals surface area contributed by atoms with Gasteiger partial charge < -0.3 is 5.32 Å². The summed E-state index contributed by atoms with van der Waals surface area (Å²) in [6.07, 6.45) is 1.14. The van der Waals surface area contributed by atoms with E-state index in [1.54, 1.807) is 34.0 Å². The zero-order chi connectivity index (χ0) is 17.1. The Hall–Kier alpha value is -1.57. The molecule has 24 heavy (non-hydrogen) atoms. The molecule has 3 rings (SSSR count). The van der Waals surface area contributed by atoms with Crippen molar-refractivity contribution in [3.8, 4) is 0 Å². The summed E-state index contributed by atoms with van der Waals surface area (Å²) >= 11 is 4.87. The lowest BCUT2D eigenvalue weighted by molar-refractivity contribution is -0.121. The molecule has 7 heteroatoms. The van der Waals surface area contributed by atoms with E-state index >= 15 is 0 Å². The standard InChI is InChI=1S/C17H19N3OS3/c1-10-8-23-17(18-10)14(6-13-4-5-22-9-13)20-16(21)7-15-11(2)19-12(3)24-15/h4-5,8-9,14H,6-7H2,1-3H3,(H,20,21). The molecule has 0 radical (unpaired) electrons. The number of hydrogen-bond acceptors (Lipinski definition) is 6. The molecule has 0 saturated heterocycles. The second-order valence-corrected chi connectivity index (χ2v) is 8.66. The van der Waals surface area contributed by atoms with Crippen molar-refractivity contribution in [3.63, 3.8) is 0 Å². The van der Waals surface area contributed by atoms with E-state index in [-0.39, 0.29) is 11.9 Å². The molecule has 0 aliphatic carbocycles. The number of hydrogen-bond donors (Lipinski definition) is 1. The molecule has 3 heterocycles. The third kappa shape index (κ3) is 4.28. The van der Waals surface area contributed by atoms with E-state index in [4.69, 9.17) is 0 Å². The Kier molecular flexibility index (Phi) is 5.43. The smallest absolute Gasteiger partial charge is 0.225 e. The molecule has 3 aromatic rings. The first kappa shape index (κ1) is 17.3. The Morgan fingerprint density at radius 3 is 2.67 bits per heavy atom. The summed E-state index contributed by atoms with van der Waals surface area (Å²) in [7, 11) is 0. The van der Waals surface area contributed by atoms with Crippen LogP contribution in [0.1, 0.15) is 37.9 Å². The minimum atomic E-state index is -0.0832. The Morgan fingerprint density at radius 1 is 1.25 bits per heavy atom. The molecular weight excluding hydrogens is 358 g/mol. The maximum absolute atomic E-state index is 12.5. The normalized spacial score (nSPS) is 12.3. The summed E-state index contributed by atoms with van der Waals surface area (Å²) in [5.74, 6) is 0.0230. The maximum atomic E-state index is 12.5. The highest BCUT2D eigenvalue weighted by molar-refractivity contribution is 7.11. The minimum Gasteiger partial charge on any atom is -0.346 e. The van der Waals surface area contributed by atoms with Gasteiger partial charge in [0.15, 0.2) is 0 Å². The van der Waals surface area contributed by atoms with Gasteiger partial charge in [0.05, 0.1) is 23.2 Å². The van der Waals surface area contributed by atoms with E-state index in [1.807, 2.05) is 26.2 Å². The number of amides is 1. The van der Waals surface area contributed by atoms with Gasteiger partial charge in [-0.3, -0.25) is 4.79 Å². The highest BCUT2D eigenvalue weighted by Gasteiger charge is 2.20. The fourth-order valence-electron chi connectivity index (χ4n) is 2.51. The molecule has 1 unspecified atom stereocenters. The predicted molar refractivity (Wildman–Crippen MR) is 101 cm³/mol. The lowest BCUT2D eigenvalue weighted by Crippen LogP contribution is -2.31. The highest BCUT2D eigenvalue weighted by atomic mass is 32.1. The molecule has 3 aromatic heterocycles. The van der Waals surface area contributed by atoms with Gasteiger partial charge in [-0.1, -0.05) is 0 Å². The number of aryl methyl sites for hydroxylation is 3. The number of thiophene rings is 1. The lowest BCUT2D eigenvalue weighted by atomic mass is 10.1. The van der Waals surface area contributed by atoms with Gasteiger partial charge in [0, 0.05) is 22.4 Å². The first-order valence-corrected chi connectivity index (χ1v) is 10.3. The van der Waals surface area contributed by atoms with Crippen molar-refractivity contribution in [1.82, 2.24) is 15.3 Å². The van der Waals surface area contributed by atoms with Gasteiger partial charge in [0.1, 0.15) is 5.01 Å². The van der Waals surface area contributed by atoms with Crippen LogP contribution in [0.5, 0.6) is 0 Å². The van der Waals surface area contributed by atoms with Gasteiger partial charge in [-0.25, -0.2) is 9.97 Å². The van der Waals surface area contributed by atoms with E-state index < -0.39 is 0 Å². The molecule has 0 aromatic carbocycles. The molecule has 126 valence electrons. The van der Waals surface area contributed by atoms with Crippen LogP contribution in [-0.4, -0.2) is 15.9 Å². The van der Waals surface area contributed by atoms with E-state index in [9.17, 15) is 4.79 Å². The molecule has 1 atom stereocenters. The average molecular weight is 378 g/mol. The zero-order valence-electron chi connectivity index (χ0n) is 13.8. The fraction of sp³-hybridized carbons (Fsp3) is 0.353. The maximum Gasteiger partial charge on any atom is 0.225 e. The van der Waals surface area contributed by atoms with Crippen LogP contribution in [0.4, 0.5) is 0 Å². The van der Waals surface area contributed by atoms with Crippen molar-refractivity contribution in [2.45, 2.75) is 39.7 Å². The van der Waals surface area contributed by atoms with Gasteiger partial charge in [0.25, 0.3) is 0 Å². The molecule has 0 fully saturated rings. The number of rotatable bonds is 6. The summed E-state index contributed by atoms with van der Waals surface area (Å²) in [4.78, 5) is 22.5. The predicted octanol–water partition coefficient (Wildman–Crippen LogP) is 4.23. The van der Waals surface area contributed by atoms with Crippen LogP contribution >= 0.6 is 34.0 Å². The van der Waals surface area contributed by atoms with Crippen molar-refractivity contribution < 1.29 is 4.79 Å². The van der Waals surface area contributed by atoms with Crippen molar-refractivity contribution in [3.05, 3.63) is 54.1 Å². The summed E-state index contributed by atoms with van der Waals surface area (Å²) in [6.45, 7) is 5.91. The Balaban J connectivity index is 1.73. The van der Waals surface area contributed by atoms with Crippen molar-refractivity contribution in [1.29, 1.82) is 0 Å². The van der Waals surface area contributed by atoms with Crippen molar-refractivity contribution in [2.75, 3.05) is 0 Å². The van der Waals surface area contributed by atoms with Crippen LogP contribution in [0.2, 0.25) is 0 Å². The largest absolute Gasteiger partial charge is 0.346 e. The summed E-state index contributed by atoms with van der Waals surface area (Å²) in [6, 6.07) is 2.01. The minimum absolute atomic E-state index is 0.0230. The number of carbonyl (C=O) groups excluding carboxylic acids is 1. The van der Waals surface area contributed by atoms with E-state index in [2.05, 4.69) is 32.1 Å². The van der Waals surface area contributed by atoms with Crippen molar-refractivity contribution >= 4 is 39.9 Å². The fourth-order valence-corrected chi connectivity index (χ4v) is 4.97. The summed E-state index contributed by atoms with van der Waals surface area (Å²) in [5.41, 5.74) is 3.17. The van der Waals surface area contributed by atoms with E-state index in [1.165, 1.54) is 5.56 Å².